The molecule has 0 aliphatic carbocycles. The lowest BCUT2D eigenvalue weighted by Gasteiger charge is -2.06. The van der Waals surface area contributed by atoms with Crippen LogP contribution in [-0.4, -0.2) is 5.16 Å². The Morgan fingerprint density at radius 1 is 1.28 bits per heavy atom. The zero-order valence-corrected chi connectivity index (χ0v) is 11.2. The maximum atomic E-state index is 5.81. The smallest absolute Gasteiger partial charge is 0.225 e. The monoisotopic (exact) mass is 244 g/mol. The first kappa shape index (κ1) is 12.7. The Hall–Kier alpha value is -1.77. The van der Waals surface area contributed by atoms with Gasteiger partial charge in [-0.2, -0.15) is 0 Å². The molecule has 1 aromatic heterocycles. The molecule has 0 aliphatic rings. The van der Waals surface area contributed by atoms with E-state index in [9.17, 15) is 0 Å². The zero-order chi connectivity index (χ0) is 13.1. The molecule has 0 unspecified atom stereocenters. The number of hydrogen-bond donors (Lipinski definition) is 1. The normalized spacial score (nSPS) is 11.1. The first-order valence-corrected chi connectivity index (χ1v) is 6.37. The summed E-state index contributed by atoms with van der Waals surface area (Å²) < 4.78 is 5.10. The number of aryl methyl sites for hydroxylation is 3. The fraction of sp³-hybridized carbons (Fsp3) is 0.400. The van der Waals surface area contributed by atoms with Crippen LogP contribution in [0.2, 0.25) is 0 Å². The van der Waals surface area contributed by atoms with Crippen LogP contribution in [0.5, 0.6) is 0 Å². The summed E-state index contributed by atoms with van der Waals surface area (Å²) in [5.74, 6) is 0.813. The van der Waals surface area contributed by atoms with Gasteiger partial charge in [-0.25, -0.2) is 0 Å². The SMILES string of the molecule is Cc1cccc(CCc2noc(N)c2C(C)C)c1. The van der Waals surface area contributed by atoms with Crippen molar-refractivity contribution in [3.05, 3.63) is 46.6 Å². The second-order valence-corrected chi connectivity index (χ2v) is 5.05. The van der Waals surface area contributed by atoms with Gasteiger partial charge < -0.3 is 10.3 Å². The summed E-state index contributed by atoms with van der Waals surface area (Å²) in [6.45, 7) is 6.33. The molecule has 0 saturated carbocycles. The maximum Gasteiger partial charge on any atom is 0.225 e. The Bertz CT molecular complexity index is 529. The Kier molecular flexibility index (Phi) is 3.70. The van der Waals surface area contributed by atoms with Crippen molar-refractivity contribution in [1.82, 2.24) is 5.16 Å². The molecule has 18 heavy (non-hydrogen) atoms. The number of anilines is 1. The van der Waals surface area contributed by atoms with Gasteiger partial charge in [0.15, 0.2) is 0 Å². The lowest BCUT2D eigenvalue weighted by molar-refractivity contribution is 0.427. The molecule has 0 amide bonds. The first-order valence-electron chi connectivity index (χ1n) is 6.37. The zero-order valence-electron chi connectivity index (χ0n) is 11.2. The second kappa shape index (κ2) is 5.25. The average Bonchev–Trinajstić information content (AvgIpc) is 2.68. The molecule has 2 N–H and O–H groups in total. The van der Waals surface area contributed by atoms with Crippen LogP contribution in [0.4, 0.5) is 5.88 Å². The summed E-state index contributed by atoms with van der Waals surface area (Å²) in [7, 11) is 0. The predicted molar refractivity (Wildman–Crippen MR) is 73.6 cm³/mol. The van der Waals surface area contributed by atoms with Gasteiger partial charge in [0.25, 0.3) is 0 Å². The van der Waals surface area contributed by atoms with Crippen LogP contribution < -0.4 is 5.73 Å². The molecule has 0 fully saturated rings. The summed E-state index contributed by atoms with van der Waals surface area (Å²) in [4.78, 5) is 0. The largest absolute Gasteiger partial charge is 0.367 e. The van der Waals surface area contributed by atoms with E-state index in [1.807, 2.05) is 0 Å². The molecule has 2 rings (SSSR count). The number of aromatic nitrogens is 1. The molecule has 3 heteroatoms. The number of nitrogens with zero attached hydrogens (tertiary/aromatic N) is 1. The molecule has 3 nitrogen and oxygen atoms in total. The minimum absolute atomic E-state index is 0.351. The third kappa shape index (κ3) is 2.73. The summed E-state index contributed by atoms with van der Waals surface area (Å²) in [6, 6.07) is 8.55. The van der Waals surface area contributed by atoms with Crippen LogP contribution in [0.1, 0.15) is 42.1 Å². The maximum absolute atomic E-state index is 5.81. The molecule has 0 atom stereocenters. The minimum Gasteiger partial charge on any atom is -0.367 e. The Morgan fingerprint density at radius 2 is 2.06 bits per heavy atom. The van der Waals surface area contributed by atoms with E-state index in [4.69, 9.17) is 10.3 Å². The molecule has 1 heterocycles. The van der Waals surface area contributed by atoms with Crippen LogP contribution in [0.25, 0.3) is 0 Å². The number of benzene rings is 1. The highest BCUT2D eigenvalue weighted by molar-refractivity contribution is 5.41. The van der Waals surface area contributed by atoms with E-state index in [2.05, 4.69) is 50.2 Å². The van der Waals surface area contributed by atoms with Crippen molar-refractivity contribution in [2.45, 2.75) is 39.5 Å². The topological polar surface area (TPSA) is 52.0 Å². The highest BCUT2D eigenvalue weighted by Gasteiger charge is 2.16. The van der Waals surface area contributed by atoms with Gasteiger partial charge in [-0.15, -0.1) is 0 Å². The molecule has 96 valence electrons. The number of nitrogens with two attached hydrogens (primary N) is 1. The van der Waals surface area contributed by atoms with Crippen molar-refractivity contribution < 1.29 is 4.52 Å². The van der Waals surface area contributed by atoms with Gasteiger partial charge in [-0.05, 0) is 31.2 Å². The molecule has 0 bridgehead atoms. The number of nitrogen functional groups attached to an aromatic ring is 1. The molecule has 1 aromatic carbocycles. The van der Waals surface area contributed by atoms with E-state index in [-0.39, 0.29) is 0 Å². The summed E-state index contributed by atoms with van der Waals surface area (Å²) in [5.41, 5.74) is 10.5. The molecule has 0 saturated heterocycles. The quantitative estimate of drug-likeness (QED) is 0.895. The summed E-state index contributed by atoms with van der Waals surface area (Å²) in [6.07, 6.45) is 1.84. The molecular formula is C15H20N2O. The van der Waals surface area contributed by atoms with Crippen molar-refractivity contribution in [1.29, 1.82) is 0 Å². The van der Waals surface area contributed by atoms with Crippen molar-refractivity contribution in [3.63, 3.8) is 0 Å². The van der Waals surface area contributed by atoms with Gasteiger partial charge in [0.05, 0.1) is 5.69 Å². The molecule has 0 aliphatic heterocycles. The van der Waals surface area contributed by atoms with Gasteiger partial charge >= 0.3 is 0 Å². The third-order valence-electron chi connectivity index (χ3n) is 3.14. The Balaban J connectivity index is 2.11. The van der Waals surface area contributed by atoms with Crippen molar-refractivity contribution in [2.75, 3.05) is 5.73 Å². The van der Waals surface area contributed by atoms with E-state index in [0.717, 1.165) is 24.1 Å². The van der Waals surface area contributed by atoms with Crippen molar-refractivity contribution in [2.24, 2.45) is 0 Å². The van der Waals surface area contributed by atoms with Gasteiger partial charge in [-0.1, -0.05) is 48.8 Å². The van der Waals surface area contributed by atoms with Crippen LogP contribution in [0.3, 0.4) is 0 Å². The van der Waals surface area contributed by atoms with Crippen LogP contribution in [0.15, 0.2) is 28.8 Å². The van der Waals surface area contributed by atoms with E-state index < -0.39 is 0 Å². The molecule has 0 spiro atoms. The van der Waals surface area contributed by atoms with Crippen molar-refractivity contribution >= 4 is 5.88 Å². The van der Waals surface area contributed by atoms with Crippen LogP contribution >= 0.6 is 0 Å². The Morgan fingerprint density at radius 3 is 2.72 bits per heavy atom. The highest BCUT2D eigenvalue weighted by atomic mass is 16.5. The van der Waals surface area contributed by atoms with E-state index >= 15 is 0 Å². The van der Waals surface area contributed by atoms with Gasteiger partial charge in [0, 0.05) is 5.56 Å². The average molecular weight is 244 g/mol. The first-order chi connectivity index (χ1) is 8.58. The predicted octanol–water partition coefficient (Wildman–Crippen LogP) is 3.47. The van der Waals surface area contributed by atoms with Gasteiger partial charge in [-0.3, -0.25) is 0 Å². The highest BCUT2D eigenvalue weighted by Crippen LogP contribution is 2.26. The fourth-order valence-electron chi connectivity index (χ4n) is 2.27. The lowest BCUT2D eigenvalue weighted by atomic mass is 9.98. The fourth-order valence-corrected chi connectivity index (χ4v) is 2.27. The third-order valence-corrected chi connectivity index (χ3v) is 3.14. The summed E-state index contributed by atoms with van der Waals surface area (Å²) >= 11 is 0. The van der Waals surface area contributed by atoms with Crippen LogP contribution in [0, 0.1) is 6.92 Å². The molecule has 2 aromatic rings. The van der Waals surface area contributed by atoms with Crippen molar-refractivity contribution in [3.8, 4) is 0 Å². The minimum atomic E-state index is 0.351. The summed E-state index contributed by atoms with van der Waals surface area (Å²) in [5, 5.41) is 4.07. The molecular weight excluding hydrogens is 224 g/mol. The van der Waals surface area contributed by atoms with Gasteiger partial charge in [0.1, 0.15) is 0 Å². The van der Waals surface area contributed by atoms with Crippen LogP contribution in [-0.2, 0) is 12.8 Å². The molecule has 0 radical (unpaired) electrons. The van der Waals surface area contributed by atoms with Gasteiger partial charge in [0.2, 0.25) is 5.88 Å². The van der Waals surface area contributed by atoms with E-state index in [1.54, 1.807) is 0 Å². The van der Waals surface area contributed by atoms with E-state index in [0.29, 0.717) is 11.8 Å². The Labute approximate surface area is 108 Å². The van der Waals surface area contributed by atoms with E-state index in [1.165, 1.54) is 11.1 Å². The number of rotatable bonds is 4. The second-order valence-electron chi connectivity index (χ2n) is 5.05. The lowest BCUT2D eigenvalue weighted by Crippen LogP contribution is -1.99. The number of hydrogen-bond acceptors (Lipinski definition) is 3. The standard InChI is InChI=1S/C15H20N2O/c1-10(2)14-13(17-18-15(14)16)8-7-12-6-4-5-11(3)9-12/h4-6,9-10H,7-8,16H2,1-3H3.